The van der Waals surface area contributed by atoms with Gasteiger partial charge in [-0.05, 0) is 36.8 Å². The van der Waals surface area contributed by atoms with Gasteiger partial charge in [0.2, 0.25) is 0 Å². The Morgan fingerprint density at radius 3 is 2.62 bits per heavy atom. The number of benzene rings is 1. The summed E-state index contributed by atoms with van der Waals surface area (Å²) in [5.74, 6) is 1.55. The van der Waals surface area contributed by atoms with Crippen LogP contribution >= 0.6 is 0 Å². The molecule has 0 aromatic heterocycles. The van der Waals surface area contributed by atoms with Gasteiger partial charge in [0.25, 0.3) is 0 Å². The van der Waals surface area contributed by atoms with Gasteiger partial charge in [-0.25, -0.2) is 0 Å². The zero-order valence-corrected chi connectivity index (χ0v) is 10.4. The van der Waals surface area contributed by atoms with E-state index in [1.807, 2.05) is 0 Å². The Balaban J connectivity index is 2.16. The molecule has 0 amide bonds. The Hall–Kier alpha value is -0.820. The van der Waals surface area contributed by atoms with E-state index in [0.717, 1.165) is 5.92 Å². The molecule has 1 aliphatic heterocycles. The minimum Gasteiger partial charge on any atom is -0.313 e. The zero-order chi connectivity index (χ0) is 11.4. The van der Waals surface area contributed by atoms with Crippen LogP contribution in [0.4, 0.5) is 0 Å². The average Bonchev–Trinajstić information content (AvgIpc) is 2.80. The summed E-state index contributed by atoms with van der Waals surface area (Å²) in [5.41, 5.74) is 1.50. The Bertz CT molecular complexity index is 306. The van der Waals surface area contributed by atoms with Crippen molar-refractivity contribution in [3.8, 4) is 0 Å². The number of nitrogens with one attached hydrogen (secondary N) is 1. The average molecular weight is 217 g/mol. The van der Waals surface area contributed by atoms with Gasteiger partial charge in [-0.2, -0.15) is 0 Å². The molecule has 1 N–H and O–H groups in total. The van der Waals surface area contributed by atoms with E-state index in [0.29, 0.717) is 12.0 Å². The third kappa shape index (κ3) is 2.30. The van der Waals surface area contributed by atoms with E-state index in [2.05, 4.69) is 49.5 Å². The maximum absolute atomic E-state index is 3.71. The summed E-state index contributed by atoms with van der Waals surface area (Å²) in [6, 6.07) is 11.7. The highest BCUT2D eigenvalue weighted by molar-refractivity contribution is 5.22. The first-order valence-corrected chi connectivity index (χ1v) is 6.65. The van der Waals surface area contributed by atoms with E-state index in [1.54, 1.807) is 0 Å². The molecular weight excluding hydrogens is 194 g/mol. The van der Waals surface area contributed by atoms with Gasteiger partial charge < -0.3 is 5.32 Å². The summed E-state index contributed by atoms with van der Waals surface area (Å²) in [6.45, 7) is 5.83. The molecule has 88 valence electrons. The summed E-state index contributed by atoms with van der Waals surface area (Å²) in [7, 11) is 0. The maximum atomic E-state index is 3.71. The molecule has 0 radical (unpaired) electrons. The molecule has 1 aromatic rings. The molecule has 3 atom stereocenters. The van der Waals surface area contributed by atoms with Crippen molar-refractivity contribution >= 4 is 0 Å². The summed E-state index contributed by atoms with van der Waals surface area (Å²) >= 11 is 0. The lowest BCUT2D eigenvalue weighted by atomic mass is 9.82. The molecule has 1 nitrogen and oxygen atoms in total. The predicted molar refractivity (Wildman–Crippen MR) is 69.7 cm³/mol. The molecule has 16 heavy (non-hydrogen) atoms. The smallest absolute Gasteiger partial charge is 0.0164 e. The predicted octanol–water partition coefficient (Wildman–Crippen LogP) is 3.57. The van der Waals surface area contributed by atoms with Crippen LogP contribution in [0.25, 0.3) is 0 Å². The first-order valence-electron chi connectivity index (χ1n) is 6.65. The lowest BCUT2D eigenvalue weighted by Gasteiger charge is -2.28. The molecule has 1 fully saturated rings. The summed E-state index contributed by atoms with van der Waals surface area (Å²) in [6.07, 6.45) is 3.89. The molecule has 2 rings (SSSR count). The fourth-order valence-corrected chi connectivity index (χ4v) is 3.11. The fourth-order valence-electron chi connectivity index (χ4n) is 3.11. The molecule has 0 spiro atoms. The minimum atomic E-state index is 0.689. The van der Waals surface area contributed by atoms with Crippen LogP contribution in [0.2, 0.25) is 0 Å². The van der Waals surface area contributed by atoms with E-state index < -0.39 is 0 Å². The van der Waals surface area contributed by atoms with Crippen molar-refractivity contribution in [1.29, 1.82) is 0 Å². The second-order valence-electron chi connectivity index (χ2n) is 4.86. The van der Waals surface area contributed by atoms with E-state index in [1.165, 1.54) is 31.4 Å². The molecule has 0 unspecified atom stereocenters. The first kappa shape index (κ1) is 11.7. The van der Waals surface area contributed by atoms with Crippen molar-refractivity contribution in [1.82, 2.24) is 5.32 Å². The number of hydrogen-bond acceptors (Lipinski definition) is 1. The van der Waals surface area contributed by atoms with Gasteiger partial charge in [-0.15, -0.1) is 0 Å². The number of hydrogen-bond donors (Lipinski definition) is 1. The standard InChI is InChI=1S/C15H23N/c1-3-12-10-11-16-15(12)14(4-2)13-8-6-5-7-9-13/h5-9,12,14-16H,3-4,10-11H2,1-2H3/t12-,14+,15-/m0/s1. The van der Waals surface area contributed by atoms with Crippen LogP contribution < -0.4 is 5.32 Å². The van der Waals surface area contributed by atoms with Gasteiger partial charge in [0.05, 0.1) is 0 Å². The van der Waals surface area contributed by atoms with Gasteiger partial charge in [0.15, 0.2) is 0 Å². The molecule has 0 bridgehead atoms. The summed E-state index contributed by atoms with van der Waals surface area (Å²) < 4.78 is 0. The van der Waals surface area contributed by atoms with Crippen LogP contribution in [0, 0.1) is 5.92 Å². The highest BCUT2D eigenvalue weighted by Gasteiger charge is 2.31. The zero-order valence-electron chi connectivity index (χ0n) is 10.4. The van der Waals surface area contributed by atoms with Gasteiger partial charge in [-0.1, -0.05) is 50.6 Å². The molecule has 1 aromatic carbocycles. The van der Waals surface area contributed by atoms with E-state index in [-0.39, 0.29) is 0 Å². The van der Waals surface area contributed by atoms with Crippen LogP contribution in [-0.4, -0.2) is 12.6 Å². The summed E-state index contributed by atoms with van der Waals surface area (Å²) in [5, 5.41) is 3.71. The Morgan fingerprint density at radius 2 is 2.00 bits per heavy atom. The summed E-state index contributed by atoms with van der Waals surface area (Å²) in [4.78, 5) is 0. The molecule has 1 aliphatic rings. The second-order valence-corrected chi connectivity index (χ2v) is 4.86. The first-order chi connectivity index (χ1) is 7.86. The van der Waals surface area contributed by atoms with Crippen molar-refractivity contribution in [3.05, 3.63) is 35.9 Å². The third-order valence-corrected chi connectivity index (χ3v) is 4.03. The van der Waals surface area contributed by atoms with Crippen molar-refractivity contribution in [2.75, 3.05) is 6.54 Å². The topological polar surface area (TPSA) is 12.0 Å². The van der Waals surface area contributed by atoms with Crippen molar-refractivity contribution in [3.63, 3.8) is 0 Å². The minimum absolute atomic E-state index is 0.689. The number of rotatable bonds is 4. The molecule has 0 aliphatic carbocycles. The lowest BCUT2D eigenvalue weighted by molar-refractivity contribution is 0.367. The van der Waals surface area contributed by atoms with Gasteiger partial charge in [0, 0.05) is 6.04 Å². The SMILES string of the molecule is CC[C@H]1CCN[C@@H]1[C@H](CC)c1ccccc1. The van der Waals surface area contributed by atoms with Crippen molar-refractivity contribution in [2.24, 2.45) is 5.92 Å². The Morgan fingerprint density at radius 1 is 1.25 bits per heavy atom. The lowest BCUT2D eigenvalue weighted by Crippen LogP contribution is -2.33. The van der Waals surface area contributed by atoms with E-state index >= 15 is 0 Å². The maximum Gasteiger partial charge on any atom is 0.0164 e. The third-order valence-electron chi connectivity index (χ3n) is 4.03. The molecule has 1 saturated heterocycles. The van der Waals surface area contributed by atoms with Crippen LogP contribution in [0.1, 0.15) is 44.6 Å². The van der Waals surface area contributed by atoms with E-state index in [4.69, 9.17) is 0 Å². The molecular formula is C15H23N. The van der Waals surface area contributed by atoms with Crippen molar-refractivity contribution in [2.45, 2.75) is 45.1 Å². The van der Waals surface area contributed by atoms with Gasteiger partial charge in [0.1, 0.15) is 0 Å². The molecule has 1 heterocycles. The van der Waals surface area contributed by atoms with E-state index in [9.17, 15) is 0 Å². The molecule has 1 heteroatoms. The molecule has 0 saturated carbocycles. The largest absolute Gasteiger partial charge is 0.313 e. The van der Waals surface area contributed by atoms with Gasteiger partial charge in [-0.3, -0.25) is 0 Å². The van der Waals surface area contributed by atoms with Crippen LogP contribution in [0.15, 0.2) is 30.3 Å². The monoisotopic (exact) mass is 217 g/mol. The fraction of sp³-hybridized carbons (Fsp3) is 0.600. The Labute approximate surface area is 99.3 Å². The van der Waals surface area contributed by atoms with Crippen molar-refractivity contribution < 1.29 is 0 Å². The quantitative estimate of drug-likeness (QED) is 0.813. The highest BCUT2D eigenvalue weighted by Crippen LogP contribution is 2.33. The van der Waals surface area contributed by atoms with Crippen LogP contribution in [0.5, 0.6) is 0 Å². The second kappa shape index (κ2) is 5.49. The Kier molecular flexibility index (Phi) is 4.00. The normalized spacial score (nSPS) is 26.9. The van der Waals surface area contributed by atoms with Crippen LogP contribution in [-0.2, 0) is 0 Å². The van der Waals surface area contributed by atoms with Crippen LogP contribution in [0.3, 0.4) is 0 Å². The van der Waals surface area contributed by atoms with Gasteiger partial charge >= 0.3 is 0 Å². The highest BCUT2D eigenvalue weighted by atomic mass is 15.0.